The van der Waals surface area contributed by atoms with Gasteiger partial charge < -0.3 is 10.6 Å². The van der Waals surface area contributed by atoms with Gasteiger partial charge in [-0.1, -0.05) is 26.7 Å². The normalized spacial score (nSPS) is 28.9. The lowest BCUT2D eigenvalue weighted by Crippen LogP contribution is -2.50. The maximum Gasteiger partial charge on any atom is 0.148 e. The van der Waals surface area contributed by atoms with E-state index in [1.165, 1.54) is 49.3 Å². The summed E-state index contributed by atoms with van der Waals surface area (Å²) in [4.78, 5) is 0. The third-order valence-corrected chi connectivity index (χ3v) is 5.23. The molecule has 0 atom stereocenters. The summed E-state index contributed by atoms with van der Waals surface area (Å²) < 4.78 is 2.03. The summed E-state index contributed by atoms with van der Waals surface area (Å²) in [5.74, 6) is 2.14. The van der Waals surface area contributed by atoms with Crippen LogP contribution in [0.1, 0.15) is 58.1 Å². The highest BCUT2D eigenvalue weighted by molar-refractivity contribution is 5.71. The molecule has 1 aromatic heterocycles. The third-order valence-electron chi connectivity index (χ3n) is 5.23. The summed E-state index contributed by atoms with van der Waals surface area (Å²) in [6.07, 6.45) is 8.83. The Bertz CT molecular complexity index is 469. The fraction of sp³-hybridized carbons (Fsp3) is 0.812. The SMILES string of the molecule is CCCc1nn(C)c2c1NCC1(CCC(CC)CC1)N2. The maximum absolute atomic E-state index is 4.68. The molecule has 0 radical (unpaired) electrons. The molecule has 4 heteroatoms. The third kappa shape index (κ3) is 2.29. The first kappa shape index (κ1) is 13.8. The van der Waals surface area contributed by atoms with Crippen LogP contribution in [-0.4, -0.2) is 21.9 Å². The van der Waals surface area contributed by atoms with E-state index in [0.717, 1.165) is 25.3 Å². The number of aromatic nitrogens is 2. The summed E-state index contributed by atoms with van der Waals surface area (Å²) in [5, 5.41) is 12.2. The largest absolute Gasteiger partial charge is 0.378 e. The predicted molar refractivity (Wildman–Crippen MR) is 84.3 cm³/mol. The monoisotopic (exact) mass is 276 g/mol. The number of fused-ring (bicyclic) bond motifs is 1. The van der Waals surface area contributed by atoms with Gasteiger partial charge in [0.1, 0.15) is 11.5 Å². The summed E-state index contributed by atoms with van der Waals surface area (Å²) in [6.45, 7) is 5.59. The predicted octanol–water partition coefficient (Wildman–Crippen LogP) is 3.55. The molecule has 0 aromatic carbocycles. The summed E-state index contributed by atoms with van der Waals surface area (Å²) in [6, 6.07) is 0. The first-order valence-corrected chi connectivity index (χ1v) is 8.25. The van der Waals surface area contributed by atoms with E-state index in [4.69, 9.17) is 0 Å². The molecule has 112 valence electrons. The number of hydrogen-bond acceptors (Lipinski definition) is 3. The maximum atomic E-state index is 4.68. The lowest BCUT2D eigenvalue weighted by Gasteiger charge is -2.44. The van der Waals surface area contributed by atoms with Gasteiger partial charge in [-0.05, 0) is 38.0 Å². The number of nitrogens with one attached hydrogen (secondary N) is 2. The molecule has 0 unspecified atom stereocenters. The fourth-order valence-electron chi connectivity index (χ4n) is 3.81. The van der Waals surface area contributed by atoms with E-state index in [0.29, 0.717) is 0 Å². The van der Waals surface area contributed by atoms with Crippen LogP contribution < -0.4 is 10.6 Å². The van der Waals surface area contributed by atoms with Gasteiger partial charge in [0.15, 0.2) is 0 Å². The van der Waals surface area contributed by atoms with Crippen molar-refractivity contribution >= 4 is 11.5 Å². The van der Waals surface area contributed by atoms with Gasteiger partial charge in [-0.25, -0.2) is 0 Å². The Morgan fingerprint density at radius 3 is 2.70 bits per heavy atom. The number of aryl methyl sites for hydroxylation is 2. The quantitative estimate of drug-likeness (QED) is 0.887. The number of anilines is 2. The molecule has 20 heavy (non-hydrogen) atoms. The van der Waals surface area contributed by atoms with Crippen molar-refractivity contribution in [2.75, 3.05) is 17.2 Å². The van der Waals surface area contributed by atoms with Gasteiger partial charge in [-0.2, -0.15) is 5.10 Å². The minimum atomic E-state index is 0.260. The second-order valence-electron chi connectivity index (χ2n) is 6.65. The van der Waals surface area contributed by atoms with E-state index < -0.39 is 0 Å². The molecular formula is C16H28N4. The average molecular weight is 276 g/mol. The lowest BCUT2D eigenvalue weighted by atomic mass is 9.75. The molecule has 0 bridgehead atoms. The second-order valence-corrected chi connectivity index (χ2v) is 6.65. The molecule has 1 spiro atoms. The van der Waals surface area contributed by atoms with Gasteiger partial charge in [-0.3, -0.25) is 4.68 Å². The van der Waals surface area contributed by atoms with Crippen LogP contribution >= 0.6 is 0 Å². The van der Waals surface area contributed by atoms with Crippen LogP contribution in [0.3, 0.4) is 0 Å². The fourth-order valence-corrected chi connectivity index (χ4v) is 3.81. The second kappa shape index (κ2) is 5.30. The van der Waals surface area contributed by atoms with Crippen molar-refractivity contribution in [3.8, 4) is 0 Å². The summed E-state index contributed by atoms with van der Waals surface area (Å²) >= 11 is 0. The average Bonchev–Trinajstić information content (AvgIpc) is 2.76. The van der Waals surface area contributed by atoms with Gasteiger partial charge in [0, 0.05) is 13.6 Å². The highest BCUT2D eigenvalue weighted by atomic mass is 15.4. The van der Waals surface area contributed by atoms with Crippen LogP contribution in [0.25, 0.3) is 0 Å². The molecule has 0 saturated heterocycles. The van der Waals surface area contributed by atoms with Crippen molar-refractivity contribution in [1.29, 1.82) is 0 Å². The van der Waals surface area contributed by atoms with Crippen molar-refractivity contribution in [3.05, 3.63) is 5.69 Å². The first-order valence-electron chi connectivity index (χ1n) is 8.25. The van der Waals surface area contributed by atoms with E-state index in [1.807, 2.05) is 4.68 Å². The molecule has 1 aliphatic carbocycles. The van der Waals surface area contributed by atoms with Crippen molar-refractivity contribution in [1.82, 2.24) is 9.78 Å². The Hall–Kier alpha value is -1.19. The number of rotatable bonds is 3. The molecule has 1 saturated carbocycles. The Kier molecular flexibility index (Phi) is 3.65. The van der Waals surface area contributed by atoms with Crippen LogP contribution in [-0.2, 0) is 13.5 Å². The molecule has 1 aliphatic heterocycles. The van der Waals surface area contributed by atoms with Crippen molar-refractivity contribution in [2.24, 2.45) is 13.0 Å². The molecule has 2 heterocycles. The van der Waals surface area contributed by atoms with Gasteiger partial charge in [-0.15, -0.1) is 0 Å². The van der Waals surface area contributed by atoms with Crippen LogP contribution in [0.4, 0.5) is 11.5 Å². The molecule has 2 N–H and O–H groups in total. The Labute approximate surface area is 122 Å². The highest BCUT2D eigenvalue weighted by Crippen LogP contribution is 2.41. The summed E-state index contributed by atoms with van der Waals surface area (Å²) in [5.41, 5.74) is 2.72. The van der Waals surface area contributed by atoms with Gasteiger partial charge in [0.25, 0.3) is 0 Å². The van der Waals surface area contributed by atoms with E-state index in [9.17, 15) is 0 Å². The standard InChI is InChI=1S/C16H28N4/c1-4-6-13-14-15(20(3)19-13)18-16(11-17-14)9-7-12(5-2)8-10-16/h12,17-18H,4-11H2,1-3H3. The lowest BCUT2D eigenvalue weighted by molar-refractivity contribution is 0.254. The van der Waals surface area contributed by atoms with Crippen molar-refractivity contribution in [3.63, 3.8) is 0 Å². The van der Waals surface area contributed by atoms with Crippen LogP contribution in [0.5, 0.6) is 0 Å². The van der Waals surface area contributed by atoms with Gasteiger partial charge >= 0.3 is 0 Å². The smallest absolute Gasteiger partial charge is 0.148 e. The zero-order valence-corrected chi connectivity index (χ0v) is 13.1. The van der Waals surface area contributed by atoms with Gasteiger partial charge in [0.05, 0.1) is 11.2 Å². The molecule has 1 fully saturated rings. The molecule has 4 nitrogen and oxygen atoms in total. The van der Waals surface area contributed by atoms with Crippen LogP contribution in [0.15, 0.2) is 0 Å². The zero-order chi connectivity index (χ0) is 14.2. The van der Waals surface area contributed by atoms with Crippen molar-refractivity contribution in [2.45, 2.75) is 64.3 Å². The van der Waals surface area contributed by atoms with Gasteiger partial charge in [0.2, 0.25) is 0 Å². The van der Waals surface area contributed by atoms with E-state index >= 15 is 0 Å². The van der Waals surface area contributed by atoms with E-state index in [2.05, 4.69) is 36.6 Å². The zero-order valence-electron chi connectivity index (χ0n) is 13.1. The topological polar surface area (TPSA) is 41.9 Å². The molecule has 0 amide bonds. The highest BCUT2D eigenvalue weighted by Gasteiger charge is 2.39. The Morgan fingerprint density at radius 2 is 2.05 bits per heavy atom. The van der Waals surface area contributed by atoms with Crippen LogP contribution in [0, 0.1) is 5.92 Å². The number of hydrogen-bond donors (Lipinski definition) is 2. The van der Waals surface area contributed by atoms with Crippen molar-refractivity contribution < 1.29 is 0 Å². The Balaban J connectivity index is 1.79. The van der Waals surface area contributed by atoms with E-state index in [1.54, 1.807) is 0 Å². The Morgan fingerprint density at radius 1 is 1.30 bits per heavy atom. The van der Waals surface area contributed by atoms with E-state index in [-0.39, 0.29) is 5.54 Å². The molecule has 2 aliphatic rings. The molecule has 1 aromatic rings. The summed E-state index contributed by atoms with van der Waals surface area (Å²) in [7, 11) is 2.06. The minimum absolute atomic E-state index is 0.260. The molecule has 3 rings (SSSR count). The first-order chi connectivity index (χ1) is 9.67. The molecular weight excluding hydrogens is 248 g/mol. The minimum Gasteiger partial charge on any atom is -0.378 e. The van der Waals surface area contributed by atoms with Crippen LogP contribution in [0.2, 0.25) is 0 Å². The number of nitrogens with zero attached hydrogens (tertiary/aromatic N) is 2.